The first-order chi connectivity index (χ1) is 11.2. The van der Waals surface area contributed by atoms with Crippen molar-refractivity contribution in [2.45, 2.75) is 20.0 Å². The highest BCUT2D eigenvalue weighted by molar-refractivity contribution is 5.56. The largest absolute Gasteiger partial charge is 0.497 e. The number of rotatable bonds is 5. The van der Waals surface area contributed by atoms with E-state index in [9.17, 15) is 0 Å². The molecule has 0 spiro atoms. The number of methoxy groups -OCH3 is 1. The summed E-state index contributed by atoms with van der Waals surface area (Å²) in [6.07, 6.45) is -0.329. The quantitative estimate of drug-likeness (QED) is 0.707. The van der Waals surface area contributed by atoms with Gasteiger partial charge in [-0.2, -0.15) is 4.98 Å². The van der Waals surface area contributed by atoms with Crippen molar-refractivity contribution in [3.05, 3.63) is 60.0 Å². The Bertz CT molecular complexity index is 781. The van der Waals surface area contributed by atoms with E-state index in [2.05, 4.69) is 10.1 Å². The average Bonchev–Trinajstić information content (AvgIpc) is 3.07. The molecule has 0 saturated heterocycles. The van der Waals surface area contributed by atoms with E-state index in [1.807, 2.05) is 62.4 Å². The maximum absolute atomic E-state index is 5.83. The molecule has 3 aromatic rings. The van der Waals surface area contributed by atoms with Crippen molar-refractivity contribution in [1.82, 2.24) is 10.1 Å². The molecule has 118 valence electrons. The number of hydrogen-bond acceptors (Lipinski definition) is 5. The number of aryl methyl sites for hydroxylation is 1. The summed E-state index contributed by atoms with van der Waals surface area (Å²) in [6.45, 7) is 3.91. The molecule has 0 fully saturated rings. The van der Waals surface area contributed by atoms with Gasteiger partial charge in [-0.3, -0.25) is 0 Å². The van der Waals surface area contributed by atoms with Gasteiger partial charge in [0.1, 0.15) is 11.5 Å². The van der Waals surface area contributed by atoms with Gasteiger partial charge in [-0.15, -0.1) is 0 Å². The molecule has 0 aliphatic rings. The Hall–Kier alpha value is -2.82. The zero-order valence-corrected chi connectivity index (χ0v) is 13.3. The summed E-state index contributed by atoms with van der Waals surface area (Å²) in [7, 11) is 1.62. The maximum Gasteiger partial charge on any atom is 0.267 e. The topological polar surface area (TPSA) is 57.4 Å². The fourth-order valence-electron chi connectivity index (χ4n) is 2.15. The average molecular weight is 310 g/mol. The lowest BCUT2D eigenvalue weighted by Gasteiger charge is -2.10. The molecule has 23 heavy (non-hydrogen) atoms. The van der Waals surface area contributed by atoms with Crippen LogP contribution in [0, 0.1) is 6.92 Å². The van der Waals surface area contributed by atoms with Crippen molar-refractivity contribution in [3.8, 4) is 22.9 Å². The van der Waals surface area contributed by atoms with Crippen molar-refractivity contribution in [2.24, 2.45) is 0 Å². The number of aromatic nitrogens is 2. The van der Waals surface area contributed by atoms with E-state index in [1.165, 1.54) is 5.56 Å². The van der Waals surface area contributed by atoms with Crippen LogP contribution in [0.3, 0.4) is 0 Å². The third-order valence-electron chi connectivity index (χ3n) is 3.45. The minimum Gasteiger partial charge on any atom is -0.497 e. The van der Waals surface area contributed by atoms with Crippen LogP contribution in [0.1, 0.15) is 24.5 Å². The predicted octanol–water partition coefficient (Wildman–Crippen LogP) is 4.19. The first-order valence-corrected chi connectivity index (χ1v) is 7.37. The fraction of sp³-hybridized carbons (Fsp3) is 0.222. The van der Waals surface area contributed by atoms with Crippen molar-refractivity contribution >= 4 is 0 Å². The summed E-state index contributed by atoms with van der Waals surface area (Å²) in [5.41, 5.74) is 2.02. The van der Waals surface area contributed by atoms with Gasteiger partial charge in [-0.1, -0.05) is 35.0 Å². The van der Waals surface area contributed by atoms with Crippen LogP contribution in [-0.4, -0.2) is 17.3 Å². The minimum absolute atomic E-state index is 0.329. The SMILES string of the molecule is COc1cccc(-c2noc([C@@H](C)Oc3ccc(C)cc3)n2)c1. The summed E-state index contributed by atoms with van der Waals surface area (Å²) in [4.78, 5) is 4.41. The van der Waals surface area contributed by atoms with Gasteiger partial charge in [0, 0.05) is 5.56 Å². The van der Waals surface area contributed by atoms with E-state index in [4.69, 9.17) is 14.0 Å². The standard InChI is InChI=1S/C18H18N2O3/c1-12-7-9-15(10-8-12)22-13(2)18-19-17(20-23-18)14-5-4-6-16(11-14)21-3/h4-11,13H,1-3H3/t13-/m1/s1. The van der Waals surface area contributed by atoms with Crippen LogP contribution in [0.15, 0.2) is 53.1 Å². The van der Waals surface area contributed by atoms with Gasteiger partial charge < -0.3 is 14.0 Å². The molecule has 1 atom stereocenters. The van der Waals surface area contributed by atoms with E-state index in [0.717, 1.165) is 17.1 Å². The highest BCUT2D eigenvalue weighted by atomic mass is 16.5. The molecule has 1 heterocycles. The number of nitrogens with zero attached hydrogens (tertiary/aromatic N) is 2. The van der Waals surface area contributed by atoms with Crippen LogP contribution < -0.4 is 9.47 Å². The van der Waals surface area contributed by atoms with Gasteiger partial charge in [-0.25, -0.2) is 0 Å². The monoisotopic (exact) mass is 310 g/mol. The van der Waals surface area contributed by atoms with E-state index in [1.54, 1.807) is 7.11 Å². The molecule has 0 radical (unpaired) electrons. The molecule has 2 aromatic carbocycles. The minimum atomic E-state index is -0.329. The smallest absolute Gasteiger partial charge is 0.267 e. The summed E-state index contributed by atoms with van der Waals surface area (Å²) in [6, 6.07) is 15.4. The molecule has 0 aliphatic carbocycles. The summed E-state index contributed by atoms with van der Waals surface area (Å²) >= 11 is 0. The maximum atomic E-state index is 5.83. The zero-order chi connectivity index (χ0) is 16.2. The molecule has 0 amide bonds. The summed E-state index contributed by atoms with van der Waals surface area (Å²) < 4.78 is 16.4. The van der Waals surface area contributed by atoms with Gasteiger partial charge in [0.2, 0.25) is 5.82 Å². The van der Waals surface area contributed by atoms with Crippen LogP contribution in [0.2, 0.25) is 0 Å². The molecular weight excluding hydrogens is 292 g/mol. The van der Waals surface area contributed by atoms with E-state index in [0.29, 0.717) is 11.7 Å². The van der Waals surface area contributed by atoms with Crippen LogP contribution in [0.5, 0.6) is 11.5 Å². The van der Waals surface area contributed by atoms with Gasteiger partial charge in [0.15, 0.2) is 6.10 Å². The van der Waals surface area contributed by atoms with Gasteiger partial charge in [0.25, 0.3) is 5.89 Å². The number of benzene rings is 2. The molecule has 0 bridgehead atoms. The van der Waals surface area contributed by atoms with Gasteiger partial charge >= 0.3 is 0 Å². The van der Waals surface area contributed by atoms with Crippen molar-refractivity contribution < 1.29 is 14.0 Å². The highest BCUT2D eigenvalue weighted by Crippen LogP contribution is 2.25. The number of ether oxygens (including phenoxy) is 2. The molecule has 0 aliphatic heterocycles. The fourth-order valence-corrected chi connectivity index (χ4v) is 2.15. The lowest BCUT2D eigenvalue weighted by Crippen LogP contribution is -2.03. The van der Waals surface area contributed by atoms with Crippen LogP contribution >= 0.6 is 0 Å². The first kappa shape index (κ1) is 15.1. The van der Waals surface area contributed by atoms with Crippen LogP contribution in [0.4, 0.5) is 0 Å². The van der Waals surface area contributed by atoms with Gasteiger partial charge in [0.05, 0.1) is 7.11 Å². The first-order valence-electron chi connectivity index (χ1n) is 7.37. The summed E-state index contributed by atoms with van der Waals surface area (Å²) in [5, 5.41) is 4.02. The molecule has 3 rings (SSSR count). The Morgan fingerprint density at radius 3 is 2.57 bits per heavy atom. The second-order valence-electron chi connectivity index (χ2n) is 5.26. The highest BCUT2D eigenvalue weighted by Gasteiger charge is 2.17. The third-order valence-corrected chi connectivity index (χ3v) is 3.45. The van der Waals surface area contributed by atoms with Crippen molar-refractivity contribution in [1.29, 1.82) is 0 Å². The Morgan fingerprint density at radius 2 is 1.83 bits per heavy atom. The van der Waals surface area contributed by atoms with Crippen LogP contribution in [-0.2, 0) is 0 Å². The summed E-state index contributed by atoms with van der Waals surface area (Å²) in [5.74, 6) is 2.46. The Kier molecular flexibility index (Phi) is 4.28. The molecule has 1 aromatic heterocycles. The molecule has 0 N–H and O–H groups in total. The van der Waals surface area contributed by atoms with E-state index < -0.39 is 0 Å². The zero-order valence-electron chi connectivity index (χ0n) is 13.3. The second-order valence-corrected chi connectivity index (χ2v) is 5.26. The van der Waals surface area contributed by atoms with Crippen molar-refractivity contribution in [2.75, 3.05) is 7.11 Å². The molecular formula is C18H18N2O3. The molecule has 0 unspecified atom stereocenters. The van der Waals surface area contributed by atoms with E-state index >= 15 is 0 Å². The second kappa shape index (κ2) is 6.52. The Labute approximate surface area is 134 Å². The lowest BCUT2D eigenvalue weighted by molar-refractivity contribution is 0.176. The predicted molar refractivity (Wildman–Crippen MR) is 86.5 cm³/mol. The van der Waals surface area contributed by atoms with E-state index in [-0.39, 0.29) is 6.10 Å². The Balaban J connectivity index is 1.76. The van der Waals surface area contributed by atoms with Crippen molar-refractivity contribution in [3.63, 3.8) is 0 Å². The normalized spacial score (nSPS) is 12.0. The Morgan fingerprint density at radius 1 is 1.04 bits per heavy atom. The third kappa shape index (κ3) is 3.51. The molecule has 5 heteroatoms. The number of hydrogen-bond donors (Lipinski definition) is 0. The molecule has 5 nitrogen and oxygen atoms in total. The lowest BCUT2D eigenvalue weighted by atomic mass is 10.2. The van der Waals surface area contributed by atoms with Gasteiger partial charge in [-0.05, 0) is 38.1 Å². The van der Waals surface area contributed by atoms with Crippen LogP contribution in [0.25, 0.3) is 11.4 Å². The molecule has 0 saturated carbocycles.